The average molecular weight is 268 g/mol. The lowest BCUT2D eigenvalue weighted by Gasteiger charge is -2.11. The van der Waals surface area contributed by atoms with Gasteiger partial charge in [0.1, 0.15) is 0 Å². The number of carbonyl (C=O) groups excluding carboxylic acids is 1. The average Bonchev–Trinajstić information content (AvgIpc) is 3.03. The summed E-state index contributed by atoms with van der Waals surface area (Å²) in [7, 11) is 0. The van der Waals surface area contributed by atoms with E-state index in [1.165, 1.54) is 30.5 Å². The third-order valence-electron chi connectivity index (χ3n) is 5.17. The van der Waals surface area contributed by atoms with Crippen LogP contribution < -0.4 is 5.43 Å². The Kier molecular flexibility index (Phi) is 2.86. The van der Waals surface area contributed by atoms with Gasteiger partial charge in [-0.15, -0.1) is 0 Å². The maximum Gasteiger partial charge on any atom is 0.243 e. The van der Waals surface area contributed by atoms with Crippen LogP contribution in [0.15, 0.2) is 35.4 Å². The molecule has 3 aliphatic carbocycles. The highest BCUT2D eigenvalue weighted by Crippen LogP contribution is 2.47. The highest BCUT2D eigenvalue weighted by Gasteiger charge is 2.44. The quantitative estimate of drug-likeness (QED) is 0.841. The van der Waals surface area contributed by atoms with E-state index in [1.54, 1.807) is 0 Å². The van der Waals surface area contributed by atoms with Crippen molar-refractivity contribution < 1.29 is 4.79 Å². The Hall–Kier alpha value is -1.64. The molecule has 1 N–H and O–H groups in total. The fourth-order valence-corrected chi connectivity index (χ4v) is 3.93. The molecule has 1 amide bonds. The molecular formula is C17H20N2O. The van der Waals surface area contributed by atoms with Gasteiger partial charge in [-0.05, 0) is 55.4 Å². The molecule has 0 heterocycles. The van der Waals surface area contributed by atoms with Gasteiger partial charge in [-0.1, -0.05) is 30.3 Å². The standard InChI is InChI=1S/C17H20N2O/c20-17(15-10-14(15)12-4-2-1-3-5-12)19-18-16-9-11-6-7-13(16)8-11/h1-5,11,13-15H,6-10H2,(H,19,20)/b18-16-. The Balaban J connectivity index is 1.35. The first kappa shape index (κ1) is 12.1. The molecule has 2 bridgehead atoms. The molecule has 0 spiro atoms. The van der Waals surface area contributed by atoms with Crippen molar-refractivity contribution >= 4 is 11.6 Å². The van der Waals surface area contributed by atoms with Crippen LogP contribution in [0.4, 0.5) is 0 Å². The van der Waals surface area contributed by atoms with E-state index in [2.05, 4.69) is 22.7 Å². The molecule has 4 atom stereocenters. The van der Waals surface area contributed by atoms with Crippen molar-refractivity contribution in [2.75, 3.05) is 0 Å². The highest BCUT2D eigenvalue weighted by atomic mass is 16.2. The van der Waals surface area contributed by atoms with E-state index in [0.29, 0.717) is 11.8 Å². The molecule has 3 aliphatic rings. The second-order valence-corrected chi connectivity index (χ2v) is 6.52. The lowest BCUT2D eigenvalue weighted by atomic mass is 9.99. The van der Waals surface area contributed by atoms with Crippen LogP contribution in [-0.2, 0) is 4.79 Å². The Morgan fingerprint density at radius 1 is 1.15 bits per heavy atom. The molecule has 4 rings (SSSR count). The van der Waals surface area contributed by atoms with E-state index in [1.807, 2.05) is 18.2 Å². The Morgan fingerprint density at radius 2 is 2.00 bits per heavy atom. The topological polar surface area (TPSA) is 41.5 Å². The molecule has 3 heteroatoms. The zero-order valence-electron chi connectivity index (χ0n) is 11.6. The number of amides is 1. The van der Waals surface area contributed by atoms with Gasteiger partial charge in [-0.2, -0.15) is 5.10 Å². The summed E-state index contributed by atoms with van der Waals surface area (Å²) in [6, 6.07) is 10.3. The molecule has 104 valence electrons. The number of nitrogens with one attached hydrogen (secondary N) is 1. The van der Waals surface area contributed by atoms with Crippen LogP contribution in [0.5, 0.6) is 0 Å². The summed E-state index contributed by atoms with van der Waals surface area (Å²) in [6.07, 6.45) is 6.00. The van der Waals surface area contributed by atoms with E-state index in [4.69, 9.17) is 0 Å². The molecule has 4 unspecified atom stereocenters. The largest absolute Gasteiger partial charge is 0.273 e. The van der Waals surface area contributed by atoms with Crippen LogP contribution in [0.1, 0.15) is 43.6 Å². The van der Waals surface area contributed by atoms with Crippen LogP contribution in [0.25, 0.3) is 0 Å². The first-order valence-electron chi connectivity index (χ1n) is 7.72. The zero-order chi connectivity index (χ0) is 13.5. The Bertz CT molecular complexity index is 551. The maximum absolute atomic E-state index is 12.1. The second kappa shape index (κ2) is 4.72. The van der Waals surface area contributed by atoms with Gasteiger partial charge in [0.2, 0.25) is 5.91 Å². The fraction of sp³-hybridized carbons (Fsp3) is 0.529. The summed E-state index contributed by atoms with van der Waals surface area (Å²) in [5.41, 5.74) is 5.34. The van der Waals surface area contributed by atoms with Crippen molar-refractivity contribution in [1.82, 2.24) is 5.43 Å². The van der Waals surface area contributed by atoms with E-state index >= 15 is 0 Å². The summed E-state index contributed by atoms with van der Waals surface area (Å²) in [6.45, 7) is 0. The number of benzene rings is 1. The monoisotopic (exact) mass is 268 g/mol. The minimum atomic E-state index is 0.106. The van der Waals surface area contributed by atoms with Crippen molar-refractivity contribution in [3.05, 3.63) is 35.9 Å². The van der Waals surface area contributed by atoms with Gasteiger partial charge in [-0.25, -0.2) is 5.43 Å². The molecule has 0 saturated heterocycles. The van der Waals surface area contributed by atoms with Crippen molar-refractivity contribution in [2.45, 2.75) is 38.0 Å². The lowest BCUT2D eigenvalue weighted by Crippen LogP contribution is -2.23. The molecule has 3 fully saturated rings. The first-order chi connectivity index (χ1) is 9.81. The van der Waals surface area contributed by atoms with E-state index < -0.39 is 0 Å². The van der Waals surface area contributed by atoms with Gasteiger partial charge in [0.25, 0.3) is 0 Å². The molecule has 3 nitrogen and oxygen atoms in total. The predicted molar refractivity (Wildman–Crippen MR) is 78.3 cm³/mol. The number of rotatable bonds is 3. The number of hydrogen-bond acceptors (Lipinski definition) is 2. The van der Waals surface area contributed by atoms with Crippen molar-refractivity contribution in [2.24, 2.45) is 22.9 Å². The third-order valence-corrected chi connectivity index (χ3v) is 5.17. The first-order valence-corrected chi connectivity index (χ1v) is 7.72. The molecule has 0 aliphatic heterocycles. The molecule has 1 aromatic rings. The van der Waals surface area contributed by atoms with Gasteiger partial charge in [0, 0.05) is 11.6 Å². The minimum Gasteiger partial charge on any atom is -0.273 e. The predicted octanol–water partition coefficient (Wildman–Crippen LogP) is 3.08. The van der Waals surface area contributed by atoms with Crippen molar-refractivity contribution in [1.29, 1.82) is 0 Å². The number of fused-ring (bicyclic) bond motifs is 2. The van der Waals surface area contributed by atoms with E-state index in [0.717, 1.165) is 18.8 Å². The van der Waals surface area contributed by atoms with Crippen molar-refractivity contribution in [3.63, 3.8) is 0 Å². The minimum absolute atomic E-state index is 0.106. The molecule has 20 heavy (non-hydrogen) atoms. The second-order valence-electron chi connectivity index (χ2n) is 6.52. The SMILES string of the molecule is O=C(N/N=C1/CC2CCC1C2)C1CC1c1ccccc1. The summed E-state index contributed by atoms with van der Waals surface area (Å²) < 4.78 is 0. The molecule has 1 aromatic carbocycles. The van der Waals surface area contributed by atoms with Crippen LogP contribution in [0.2, 0.25) is 0 Å². The number of nitrogens with zero attached hydrogens (tertiary/aromatic N) is 1. The highest BCUT2D eigenvalue weighted by molar-refractivity contribution is 5.91. The lowest BCUT2D eigenvalue weighted by molar-refractivity contribution is -0.122. The van der Waals surface area contributed by atoms with E-state index in [-0.39, 0.29) is 11.8 Å². The smallest absolute Gasteiger partial charge is 0.243 e. The van der Waals surface area contributed by atoms with Crippen LogP contribution >= 0.6 is 0 Å². The van der Waals surface area contributed by atoms with Gasteiger partial charge >= 0.3 is 0 Å². The molecule has 0 radical (unpaired) electrons. The van der Waals surface area contributed by atoms with Crippen LogP contribution in [0, 0.1) is 17.8 Å². The summed E-state index contributed by atoms with van der Waals surface area (Å²) in [5.74, 6) is 2.13. The normalized spacial score (nSPS) is 36.3. The molecule has 0 aromatic heterocycles. The van der Waals surface area contributed by atoms with Gasteiger partial charge < -0.3 is 0 Å². The summed E-state index contributed by atoms with van der Waals surface area (Å²) in [5, 5.41) is 4.41. The Morgan fingerprint density at radius 3 is 2.70 bits per heavy atom. The van der Waals surface area contributed by atoms with Gasteiger partial charge in [0.15, 0.2) is 0 Å². The number of hydrogen-bond donors (Lipinski definition) is 1. The van der Waals surface area contributed by atoms with Crippen molar-refractivity contribution in [3.8, 4) is 0 Å². The fourth-order valence-electron chi connectivity index (χ4n) is 3.93. The Labute approximate surface area is 119 Å². The van der Waals surface area contributed by atoms with Crippen LogP contribution in [-0.4, -0.2) is 11.6 Å². The summed E-state index contributed by atoms with van der Waals surface area (Å²) >= 11 is 0. The number of carbonyl (C=O) groups is 1. The number of hydrazone groups is 1. The third kappa shape index (κ3) is 2.15. The van der Waals surface area contributed by atoms with E-state index in [9.17, 15) is 4.79 Å². The van der Waals surface area contributed by atoms with Gasteiger partial charge in [0.05, 0.1) is 0 Å². The summed E-state index contributed by atoms with van der Waals surface area (Å²) in [4.78, 5) is 12.1. The van der Waals surface area contributed by atoms with Gasteiger partial charge in [-0.3, -0.25) is 4.79 Å². The molecule has 3 saturated carbocycles. The van der Waals surface area contributed by atoms with Crippen LogP contribution in [0.3, 0.4) is 0 Å². The molecular weight excluding hydrogens is 248 g/mol. The zero-order valence-corrected chi connectivity index (χ0v) is 11.6. The maximum atomic E-state index is 12.1.